The summed E-state index contributed by atoms with van der Waals surface area (Å²) in [7, 11) is 0. The monoisotopic (exact) mass is 561 g/mol. The SMILES string of the molecule is CC1(C)c2ccccc2N(c2cccc(Oc3cccc(-c4ccccn4)c3)c2)c2ncc3sc4ccccc4c3c21. The zero-order valence-corrected chi connectivity index (χ0v) is 24.1. The highest BCUT2D eigenvalue weighted by Crippen LogP contribution is 2.55. The lowest BCUT2D eigenvalue weighted by molar-refractivity contribution is 0.483. The Morgan fingerprint density at radius 3 is 2.38 bits per heavy atom. The van der Waals surface area contributed by atoms with E-state index in [2.05, 4.69) is 90.5 Å². The van der Waals surface area contributed by atoms with Crippen LogP contribution >= 0.6 is 11.3 Å². The molecule has 0 atom stereocenters. The molecule has 42 heavy (non-hydrogen) atoms. The van der Waals surface area contributed by atoms with Gasteiger partial charge in [-0.1, -0.05) is 74.5 Å². The number of ether oxygens (including phenoxy) is 1. The van der Waals surface area contributed by atoms with Gasteiger partial charge < -0.3 is 4.74 Å². The lowest BCUT2D eigenvalue weighted by Crippen LogP contribution is -2.31. The standard InChI is InChI=1S/C37H27N3OS/c1-37(2)29-16-4-5-18-31(29)40(36-35(37)34-28-15-3-6-19-32(28)42-33(34)23-39-36)25-12-10-14-27(22-25)41-26-13-9-11-24(21-26)30-17-7-8-20-38-30/h3-23H,1-2H3. The van der Waals surface area contributed by atoms with E-state index in [1.54, 1.807) is 0 Å². The number of pyridine rings is 2. The molecule has 0 saturated heterocycles. The average Bonchev–Trinajstić information content (AvgIpc) is 3.41. The van der Waals surface area contributed by atoms with E-state index in [1.165, 1.54) is 31.3 Å². The first-order chi connectivity index (χ1) is 20.6. The number of benzene rings is 4. The number of fused-ring (bicyclic) bond motifs is 6. The number of para-hydroxylation sites is 1. The smallest absolute Gasteiger partial charge is 0.142 e. The van der Waals surface area contributed by atoms with Crippen LogP contribution in [0.3, 0.4) is 0 Å². The Labute approximate surface area is 248 Å². The molecule has 0 bridgehead atoms. The number of rotatable bonds is 4. The molecule has 3 aromatic heterocycles. The van der Waals surface area contributed by atoms with Gasteiger partial charge in [-0.05, 0) is 54.1 Å². The molecule has 8 rings (SSSR count). The van der Waals surface area contributed by atoms with Crippen molar-refractivity contribution >= 4 is 48.7 Å². The van der Waals surface area contributed by atoms with Crippen molar-refractivity contribution in [3.05, 3.63) is 139 Å². The molecular formula is C37H27N3OS. The van der Waals surface area contributed by atoms with Gasteiger partial charge in [-0.25, -0.2) is 4.98 Å². The maximum atomic E-state index is 6.43. The molecule has 4 heterocycles. The van der Waals surface area contributed by atoms with Crippen LogP contribution in [0.25, 0.3) is 31.4 Å². The summed E-state index contributed by atoms with van der Waals surface area (Å²) in [5, 5.41) is 2.58. The number of anilines is 3. The van der Waals surface area contributed by atoms with Crippen molar-refractivity contribution in [3.8, 4) is 22.8 Å². The van der Waals surface area contributed by atoms with E-state index in [4.69, 9.17) is 9.72 Å². The summed E-state index contributed by atoms with van der Waals surface area (Å²) in [5.74, 6) is 2.49. The minimum atomic E-state index is -0.237. The zero-order valence-electron chi connectivity index (χ0n) is 23.3. The second kappa shape index (κ2) is 9.54. The Bertz CT molecular complexity index is 2120. The van der Waals surface area contributed by atoms with Gasteiger partial charge in [-0.15, -0.1) is 11.3 Å². The fraction of sp³-hybridized carbons (Fsp3) is 0.0811. The second-order valence-corrected chi connectivity index (χ2v) is 12.2. The summed E-state index contributed by atoms with van der Waals surface area (Å²) in [6.45, 7) is 4.65. The maximum absolute atomic E-state index is 6.43. The zero-order chi connectivity index (χ0) is 28.3. The highest BCUT2D eigenvalue weighted by molar-refractivity contribution is 7.25. The fourth-order valence-electron chi connectivity index (χ4n) is 6.25. The number of nitrogens with zero attached hydrogens (tertiary/aromatic N) is 3. The molecule has 0 spiro atoms. The van der Waals surface area contributed by atoms with Crippen LogP contribution in [0, 0.1) is 0 Å². The molecule has 0 radical (unpaired) electrons. The normalized spacial score (nSPS) is 13.6. The molecule has 0 fully saturated rings. The molecule has 5 heteroatoms. The molecule has 0 unspecified atom stereocenters. The van der Waals surface area contributed by atoms with Gasteiger partial charge >= 0.3 is 0 Å². The van der Waals surface area contributed by atoms with Crippen molar-refractivity contribution < 1.29 is 4.74 Å². The third kappa shape index (κ3) is 3.89. The molecule has 0 saturated carbocycles. The summed E-state index contributed by atoms with van der Waals surface area (Å²) >= 11 is 1.81. The number of hydrogen-bond acceptors (Lipinski definition) is 5. The molecule has 0 amide bonds. The predicted molar refractivity (Wildman–Crippen MR) is 174 cm³/mol. The lowest BCUT2D eigenvalue weighted by Gasteiger charge is -2.41. The van der Waals surface area contributed by atoms with E-state index in [1.807, 2.05) is 72.3 Å². The number of hydrogen-bond donors (Lipinski definition) is 0. The Morgan fingerprint density at radius 1 is 0.714 bits per heavy atom. The second-order valence-electron chi connectivity index (χ2n) is 11.1. The maximum Gasteiger partial charge on any atom is 0.142 e. The summed E-state index contributed by atoms with van der Waals surface area (Å²) < 4.78 is 8.93. The van der Waals surface area contributed by atoms with Crippen molar-refractivity contribution in [1.29, 1.82) is 0 Å². The molecule has 202 valence electrons. The van der Waals surface area contributed by atoms with E-state index in [0.717, 1.165) is 39.9 Å². The van der Waals surface area contributed by atoms with Gasteiger partial charge in [-0.2, -0.15) is 0 Å². The van der Waals surface area contributed by atoms with Gasteiger partial charge in [0, 0.05) is 50.5 Å². The molecule has 0 N–H and O–H groups in total. The Morgan fingerprint density at radius 2 is 1.50 bits per heavy atom. The van der Waals surface area contributed by atoms with Crippen LogP contribution in [-0.4, -0.2) is 9.97 Å². The highest BCUT2D eigenvalue weighted by atomic mass is 32.1. The molecule has 0 aliphatic carbocycles. The van der Waals surface area contributed by atoms with Gasteiger partial charge in [0.1, 0.15) is 17.3 Å². The Hall–Kier alpha value is -5.00. The minimum absolute atomic E-state index is 0.237. The van der Waals surface area contributed by atoms with Crippen LogP contribution < -0.4 is 9.64 Å². The van der Waals surface area contributed by atoms with E-state index in [0.29, 0.717) is 0 Å². The van der Waals surface area contributed by atoms with Gasteiger partial charge in [0.15, 0.2) is 0 Å². The molecule has 1 aliphatic rings. The number of aromatic nitrogens is 2. The summed E-state index contributed by atoms with van der Waals surface area (Å²) in [6, 6.07) is 39.7. The van der Waals surface area contributed by atoms with E-state index in [-0.39, 0.29) is 5.41 Å². The molecule has 4 aromatic carbocycles. The third-order valence-electron chi connectivity index (χ3n) is 8.16. The van der Waals surface area contributed by atoms with Crippen LogP contribution in [0.5, 0.6) is 11.5 Å². The summed E-state index contributed by atoms with van der Waals surface area (Å²) in [4.78, 5) is 11.9. The first-order valence-corrected chi connectivity index (χ1v) is 14.9. The quantitative estimate of drug-likeness (QED) is 0.214. The van der Waals surface area contributed by atoms with Crippen molar-refractivity contribution in [2.75, 3.05) is 4.90 Å². The van der Waals surface area contributed by atoms with Crippen molar-refractivity contribution in [2.45, 2.75) is 19.3 Å². The topological polar surface area (TPSA) is 38.2 Å². The van der Waals surface area contributed by atoms with Crippen LogP contribution in [0.2, 0.25) is 0 Å². The predicted octanol–water partition coefficient (Wildman–Crippen LogP) is 10.4. The average molecular weight is 562 g/mol. The van der Waals surface area contributed by atoms with Gasteiger partial charge in [0.05, 0.1) is 21.8 Å². The third-order valence-corrected chi connectivity index (χ3v) is 9.27. The van der Waals surface area contributed by atoms with Gasteiger partial charge in [-0.3, -0.25) is 9.88 Å². The lowest BCUT2D eigenvalue weighted by atomic mass is 9.73. The largest absolute Gasteiger partial charge is 0.457 e. The number of thiophene rings is 1. The van der Waals surface area contributed by atoms with E-state index < -0.39 is 0 Å². The van der Waals surface area contributed by atoms with Crippen molar-refractivity contribution in [2.24, 2.45) is 0 Å². The first-order valence-electron chi connectivity index (χ1n) is 14.1. The van der Waals surface area contributed by atoms with Crippen LogP contribution in [0.15, 0.2) is 128 Å². The molecule has 4 nitrogen and oxygen atoms in total. The van der Waals surface area contributed by atoms with Gasteiger partial charge in [0.2, 0.25) is 0 Å². The van der Waals surface area contributed by atoms with Crippen molar-refractivity contribution in [1.82, 2.24) is 9.97 Å². The van der Waals surface area contributed by atoms with E-state index >= 15 is 0 Å². The molecular weight excluding hydrogens is 534 g/mol. The van der Waals surface area contributed by atoms with Gasteiger partial charge in [0.25, 0.3) is 0 Å². The summed E-state index contributed by atoms with van der Waals surface area (Å²) in [5.41, 5.74) is 6.36. The molecule has 1 aliphatic heterocycles. The highest BCUT2D eigenvalue weighted by Gasteiger charge is 2.40. The van der Waals surface area contributed by atoms with Crippen molar-refractivity contribution in [3.63, 3.8) is 0 Å². The molecule has 7 aromatic rings. The van der Waals surface area contributed by atoms with Crippen LogP contribution in [0.4, 0.5) is 17.2 Å². The van der Waals surface area contributed by atoms with E-state index in [9.17, 15) is 0 Å². The van der Waals surface area contributed by atoms with Crippen LogP contribution in [-0.2, 0) is 5.41 Å². The Balaban J connectivity index is 1.27. The fourth-order valence-corrected chi connectivity index (χ4v) is 7.34. The minimum Gasteiger partial charge on any atom is -0.457 e. The summed E-state index contributed by atoms with van der Waals surface area (Å²) in [6.07, 6.45) is 3.85. The first kappa shape index (κ1) is 24.8. The Kier molecular flexibility index (Phi) is 5.62. The van der Waals surface area contributed by atoms with Crippen LogP contribution in [0.1, 0.15) is 25.0 Å².